The van der Waals surface area contributed by atoms with Crippen LogP contribution in [-0.2, 0) is 0 Å². The first-order valence-corrected chi connectivity index (χ1v) is 6.37. The molecule has 18 heavy (non-hydrogen) atoms. The molecule has 2 atom stereocenters. The van der Waals surface area contributed by atoms with Gasteiger partial charge in [-0.25, -0.2) is 4.68 Å². The van der Waals surface area contributed by atoms with Gasteiger partial charge in [0.15, 0.2) is 0 Å². The van der Waals surface area contributed by atoms with Crippen LogP contribution in [0.4, 0.5) is 0 Å². The van der Waals surface area contributed by atoms with Crippen LogP contribution < -0.4 is 0 Å². The lowest BCUT2D eigenvalue weighted by atomic mass is 9.58. The molecule has 3 nitrogen and oxygen atoms in total. The highest BCUT2D eigenvalue weighted by molar-refractivity contribution is 5.32. The van der Waals surface area contributed by atoms with E-state index in [0.29, 0.717) is 5.92 Å². The maximum atomic E-state index is 9.80. The molecule has 0 saturated heterocycles. The topological polar surface area (TPSA) is 38.1 Å². The lowest BCUT2D eigenvalue weighted by molar-refractivity contribution is -0.0625. The van der Waals surface area contributed by atoms with Crippen molar-refractivity contribution in [1.29, 1.82) is 0 Å². The number of aliphatic hydroxyl groups excluding tert-OH is 1. The third kappa shape index (κ3) is 1.66. The summed E-state index contributed by atoms with van der Waals surface area (Å²) in [5, 5.41) is 14.2. The van der Waals surface area contributed by atoms with E-state index in [4.69, 9.17) is 0 Å². The largest absolute Gasteiger partial charge is 0.393 e. The van der Waals surface area contributed by atoms with E-state index in [1.54, 1.807) is 0 Å². The van der Waals surface area contributed by atoms with Crippen molar-refractivity contribution in [3.8, 4) is 5.69 Å². The van der Waals surface area contributed by atoms with E-state index in [1.807, 2.05) is 41.2 Å². The molecule has 1 aromatic heterocycles. The molecule has 0 radical (unpaired) electrons. The maximum absolute atomic E-state index is 9.80. The van der Waals surface area contributed by atoms with Crippen molar-refractivity contribution >= 4 is 0 Å². The number of aromatic nitrogens is 2. The predicted molar refractivity (Wildman–Crippen MR) is 70.7 cm³/mol. The monoisotopic (exact) mass is 242 g/mol. The van der Waals surface area contributed by atoms with Gasteiger partial charge in [-0.1, -0.05) is 32.0 Å². The van der Waals surface area contributed by atoms with Gasteiger partial charge in [0.25, 0.3) is 0 Å². The number of aliphatic hydroxyl groups is 1. The van der Waals surface area contributed by atoms with Crippen LogP contribution >= 0.6 is 0 Å². The fourth-order valence-corrected chi connectivity index (χ4v) is 2.71. The summed E-state index contributed by atoms with van der Waals surface area (Å²) in [6, 6.07) is 10.1. The van der Waals surface area contributed by atoms with Crippen LogP contribution in [0.1, 0.15) is 31.7 Å². The lowest BCUT2D eigenvalue weighted by Gasteiger charge is -2.49. The Bertz CT molecular complexity index is 545. The number of hydrogen-bond donors (Lipinski definition) is 1. The van der Waals surface area contributed by atoms with E-state index < -0.39 is 0 Å². The molecule has 1 saturated carbocycles. The third-order valence-corrected chi connectivity index (χ3v) is 4.24. The van der Waals surface area contributed by atoms with Crippen molar-refractivity contribution < 1.29 is 5.11 Å². The summed E-state index contributed by atoms with van der Waals surface area (Å²) in [7, 11) is 0. The maximum Gasteiger partial charge on any atom is 0.0645 e. The highest BCUT2D eigenvalue weighted by atomic mass is 16.3. The van der Waals surface area contributed by atoms with Crippen molar-refractivity contribution in [1.82, 2.24) is 9.78 Å². The van der Waals surface area contributed by atoms with Crippen molar-refractivity contribution in [2.24, 2.45) is 5.41 Å². The van der Waals surface area contributed by atoms with E-state index in [-0.39, 0.29) is 11.5 Å². The van der Waals surface area contributed by atoms with Crippen LogP contribution in [0.15, 0.2) is 42.7 Å². The molecule has 94 valence electrons. The van der Waals surface area contributed by atoms with Gasteiger partial charge in [0.1, 0.15) is 0 Å². The molecule has 0 bridgehead atoms. The summed E-state index contributed by atoms with van der Waals surface area (Å²) in [4.78, 5) is 0. The fraction of sp³-hybridized carbons (Fsp3) is 0.400. The highest BCUT2D eigenvalue weighted by Gasteiger charge is 2.48. The number of hydrogen-bond acceptors (Lipinski definition) is 2. The Kier molecular flexibility index (Phi) is 2.52. The van der Waals surface area contributed by atoms with Crippen molar-refractivity contribution in [2.45, 2.75) is 32.3 Å². The van der Waals surface area contributed by atoms with Crippen LogP contribution in [0.3, 0.4) is 0 Å². The number of rotatable bonds is 2. The van der Waals surface area contributed by atoms with E-state index in [0.717, 1.165) is 12.1 Å². The molecule has 1 aliphatic rings. The Hall–Kier alpha value is -1.61. The van der Waals surface area contributed by atoms with Gasteiger partial charge in [0.2, 0.25) is 0 Å². The predicted octanol–water partition coefficient (Wildman–Crippen LogP) is 2.75. The van der Waals surface area contributed by atoms with Gasteiger partial charge >= 0.3 is 0 Å². The number of benzene rings is 1. The zero-order valence-electron chi connectivity index (χ0n) is 10.7. The van der Waals surface area contributed by atoms with Crippen molar-refractivity contribution in [2.75, 3.05) is 0 Å². The normalized spacial score (nSPS) is 25.7. The Morgan fingerprint density at radius 3 is 2.61 bits per heavy atom. The summed E-state index contributed by atoms with van der Waals surface area (Å²) < 4.78 is 1.90. The SMILES string of the molecule is CC1(C)C(O)CC1c1cnn(-c2ccccc2)c1. The molecule has 0 amide bonds. The van der Waals surface area contributed by atoms with Crippen LogP contribution in [0.25, 0.3) is 5.69 Å². The first-order chi connectivity index (χ1) is 8.59. The molecule has 2 unspecified atom stereocenters. The Labute approximate surface area is 107 Å². The molecule has 0 spiro atoms. The summed E-state index contributed by atoms with van der Waals surface area (Å²) in [6.07, 6.45) is 4.65. The number of nitrogens with zero attached hydrogens (tertiary/aromatic N) is 2. The van der Waals surface area contributed by atoms with Crippen molar-refractivity contribution in [3.05, 3.63) is 48.3 Å². The van der Waals surface area contributed by atoms with E-state index in [1.165, 1.54) is 5.56 Å². The van der Waals surface area contributed by atoms with Gasteiger partial charge in [-0.2, -0.15) is 5.10 Å². The van der Waals surface area contributed by atoms with Crippen LogP contribution in [-0.4, -0.2) is 21.0 Å². The summed E-state index contributed by atoms with van der Waals surface area (Å²) in [5.41, 5.74) is 2.25. The fourth-order valence-electron chi connectivity index (χ4n) is 2.71. The molecule has 1 N–H and O–H groups in total. The number of para-hydroxylation sites is 1. The Morgan fingerprint density at radius 1 is 1.28 bits per heavy atom. The molecule has 1 fully saturated rings. The van der Waals surface area contributed by atoms with Gasteiger partial charge in [-0.15, -0.1) is 0 Å². The van der Waals surface area contributed by atoms with Crippen LogP contribution in [0, 0.1) is 5.41 Å². The highest BCUT2D eigenvalue weighted by Crippen LogP contribution is 2.52. The minimum absolute atomic E-state index is 0.0372. The Morgan fingerprint density at radius 2 is 2.00 bits per heavy atom. The van der Waals surface area contributed by atoms with Crippen LogP contribution in [0.5, 0.6) is 0 Å². The molecule has 1 aromatic carbocycles. The zero-order chi connectivity index (χ0) is 12.8. The Balaban J connectivity index is 1.87. The van der Waals surface area contributed by atoms with Crippen molar-refractivity contribution in [3.63, 3.8) is 0 Å². The summed E-state index contributed by atoms with van der Waals surface area (Å²) in [6.45, 7) is 4.23. The van der Waals surface area contributed by atoms with Gasteiger partial charge in [0, 0.05) is 6.20 Å². The minimum Gasteiger partial charge on any atom is -0.393 e. The standard InChI is InChI=1S/C15H18N2O/c1-15(2)13(8-14(15)18)11-9-16-17(10-11)12-6-4-3-5-7-12/h3-7,9-10,13-14,18H,8H2,1-2H3. The molecule has 3 rings (SSSR count). The average molecular weight is 242 g/mol. The van der Waals surface area contributed by atoms with E-state index in [9.17, 15) is 5.11 Å². The van der Waals surface area contributed by atoms with Gasteiger partial charge < -0.3 is 5.11 Å². The third-order valence-electron chi connectivity index (χ3n) is 4.24. The first kappa shape index (κ1) is 11.5. The minimum atomic E-state index is -0.192. The zero-order valence-corrected chi connectivity index (χ0v) is 10.7. The molecular weight excluding hydrogens is 224 g/mol. The van der Waals surface area contributed by atoms with Gasteiger partial charge in [-0.3, -0.25) is 0 Å². The average Bonchev–Trinajstić information content (AvgIpc) is 2.86. The molecule has 1 aliphatic carbocycles. The van der Waals surface area contributed by atoms with E-state index >= 15 is 0 Å². The second-order valence-corrected chi connectivity index (χ2v) is 5.68. The second kappa shape index (κ2) is 3.95. The molecule has 1 heterocycles. The van der Waals surface area contributed by atoms with E-state index in [2.05, 4.69) is 25.1 Å². The first-order valence-electron chi connectivity index (χ1n) is 6.37. The van der Waals surface area contributed by atoms with Crippen LogP contribution in [0.2, 0.25) is 0 Å². The molecule has 2 aromatic rings. The quantitative estimate of drug-likeness (QED) is 0.879. The van der Waals surface area contributed by atoms with Gasteiger partial charge in [0.05, 0.1) is 18.0 Å². The second-order valence-electron chi connectivity index (χ2n) is 5.68. The molecular formula is C15H18N2O. The summed E-state index contributed by atoms with van der Waals surface area (Å²) in [5.74, 6) is 0.407. The smallest absolute Gasteiger partial charge is 0.0645 e. The molecule has 3 heteroatoms. The van der Waals surface area contributed by atoms with Gasteiger partial charge in [-0.05, 0) is 35.4 Å². The lowest BCUT2D eigenvalue weighted by Crippen LogP contribution is -2.47. The molecule has 0 aliphatic heterocycles. The summed E-state index contributed by atoms with van der Waals surface area (Å²) >= 11 is 0.